The van der Waals surface area contributed by atoms with Gasteiger partial charge in [0.2, 0.25) is 11.8 Å². The number of aliphatic hydroxyl groups excluding tert-OH is 1. The lowest BCUT2D eigenvalue weighted by molar-refractivity contribution is -0.121. The number of nitrogens with two attached hydrogens (primary N) is 1. The van der Waals surface area contributed by atoms with Crippen LogP contribution in [0.25, 0.3) is 0 Å². The first kappa shape index (κ1) is 15.1. The number of carbonyl (C=O) groups excluding carboxylic acids is 1. The largest absolute Gasteiger partial charge is 0.508 e. The van der Waals surface area contributed by atoms with Crippen molar-refractivity contribution >= 4 is 11.6 Å². The van der Waals surface area contributed by atoms with E-state index in [4.69, 9.17) is 10.5 Å². The third kappa shape index (κ3) is 1.69. The molecule has 1 amide bonds. The number of carbonyl (C=O) groups is 1. The van der Waals surface area contributed by atoms with Gasteiger partial charge in [0.05, 0.1) is 5.69 Å². The van der Waals surface area contributed by atoms with Crippen molar-refractivity contribution in [2.75, 3.05) is 11.6 Å². The van der Waals surface area contributed by atoms with Crippen LogP contribution in [0.15, 0.2) is 53.9 Å². The molecule has 2 aromatic rings. The Morgan fingerprint density at radius 1 is 1.24 bits per heavy atom. The van der Waals surface area contributed by atoms with Crippen molar-refractivity contribution in [2.45, 2.75) is 5.41 Å². The zero-order chi connectivity index (χ0) is 17.8. The number of fused-ring (bicyclic) bond motifs is 4. The van der Waals surface area contributed by atoms with Crippen molar-refractivity contribution in [1.29, 1.82) is 5.26 Å². The first-order chi connectivity index (χ1) is 12.1. The molecule has 0 radical (unpaired) electrons. The third-order valence-electron chi connectivity index (χ3n) is 4.63. The number of rotatable bonds is 1. The van der Waals surface area contributed by atoms with Gasteiger partial charge in [0, 0.05) is 17.2 Å². The summed E-state index contributed by atoms with van der Waals surface area (Å²) in [6.07, 6.45) is 0. The lowest BCUT2D eigenvalue weighted by atomic mass is 9.69. The highest BCUT2D eigenvalue weighted by molar-refractivity contribution is 6.14. The second-order valence-electron chi connectivity index (χ2n) is 5.78. The minimum absolute atomic E-state index is 0.0425. The summed E-state index contributed by atoms with van der Waals surface area (Å²) in [7, 11) is 0. The van der Waals surface area contributed by atoms with Gasteiger partial charge >= 0.3 is 0 Å². The summed E-state index contributed by atoms with van der Waals surface area (Å²) in [5.74, 6) is -0.561. The number of anilines is 1. The van der Waals surface area contributed by atoms with Gasteiger partial charge in [0.25, 0.3) is 0 Å². The predicted octanol–water partition coefficient (Wildman–Crippen LogP) is 1.06. The number of hydrogen-bond donors (Lipinski definition) is 3. The molecular formula is C18H13N3O4. The molecule has 2 heterocycles. The lowest BCUT2D eigenvalue weighted by Crippen LogP contribution is -2.46. The van der Waals surface area contributed by atoms with Crippen LogP contribution in [-0.2, 0) is 10.2 Å². The van der Waals surface area contributed by atoms with Crippen molar-refractivity contribution in [3.63, 3.8) is 0 Å². The normalized spacial score (nSPS) is 21.0. The Morgan fingerprint density at radius 3 is 2.72 bits per heavy atom. The summed E-state index contributed by atoms with van der Waals surface area (Å²) in [4.78, 5) is 14.5. The molecule has 2 aliphatic heterocycles. The molecule has 2 aliphatic rings. The molecule has 4 N–H and O–H groups in total. The Hall–Kier alpha value is -3.50. The van der Waals surface area contributed by atoms with Gasteiger partial charge in [-0.2, -0.15) is 5.26 Å². The predicted molar refractivity (Wildman–Crippen MR) is 87.4 cm³/mol. The second kappa shape index (κ2) is 5.00. The zero-order valence-electron chi connectivity index (χ0n) is 12.9. The molecular weight excluding hydrogens is 322 g/mol. The third-order valence-corrected chi connectivity index (χ3v) is 4.63. The molecule has 1 spiro atoms. The topological polar surface area (TPSA) is 120 Å². The number of benzene rings is 2. The molecule has 1 atom stereocenters. The number of para-hydroxylation sites is 1. The molecule has 2 aromatic carbocycles. The Bertz CT molecular complexity index is 992. The average Bonchev–Trinajstić information content (AvgIpc) is 2.84. The summed E-state index contributed by atoms with van der Waals surface area (Å²) < 4.78 is 5.48. The van der Waals surface area contributed by atoms with E-state index >= 15 is 0 Å². The molecule has 0 unspecified atom stereocenters. The molecule has 4 rings (SSSR count). The molecule has 0 fully saturated rings. The number of phenols is 1. The maximum Gasteiger partial charge on any atom is 0.249 e. The highest BCUT2D eigenvalue weighted by Gasteiger charge is 2.58. The summed E-state index contributed by atoms with van der Waals surface area (Å²) >= 11 is 0. The summed E-state index contributed by atoms with van der Waals surface area (Å²) in [6, 6.07) is 13.2. The molecule has 0 aliphatic carbocycles. The molecule has 0 bridgehead atoms. The van der Waals surface area contributed by atoms with Crippen LogP contribution < -0.4 is 15.4 Å². The summed E-state index contributed by atoms with van der Waals surface area (Å²) in [5.41, 5.74) is 5.80. The van der Waals surface area contributed by atoms with E-state index in [1.165, 1.54) is 23.1 Å². The van der Waals surface area contributed by atoms with Crippen LogP contribution in [0.3, 0.4) is 0 Å². The number of hydrogen-bond acceptors (Lipinski definition) is 6. The number of nitriles is 1. The first-order valence-electron chi connectivity index (χ1n) is 7.49. The molecule has 25 heavy (non-hydrogen) atoms. The second-order valence-corrected chi connectivity index (χ2v) is 5.78. The smallest absolute Gasteiger partial charge is 0.249 e. The van der Waals surface area contributed by atoms with Crippen molar-refractivity contribution < 1.29 is 19.7 Å². The zero-order valence-corrected chi connectivity index (χ0v) is 12.9. The van der Waals surface area contributed by atoms with Crippen molar-refractivity contribution in [3.05, 3.63) is 65.0 Å². The van der Waals surface area contributed by atoms with E-state index in [0.29, 0.717) is 16.8 Å². The van der Waals surface area contributed by atoms with Gasteiger partial charge in [-0.15, -0.1) is 0 Å². The van der Waals surface area contributed by atoms with E-state index in [1.54, 1.807) is 24.3 Å². The lowest BCUT2D eigenvalue weighted by Gasteiger charge is -2.34. The minimum Gasteiger partial charge on any atom is -0.508 e. The quantitative estimate of drug-likeness (QED) is 0.717. The maximum atomic E-state index is 13.3. The first-order valence-corrected chi connectivity index (χ1v) is 7.49. The van der Waals surface area contributed by atoms with Crippen LogP contribution in [0, 0.1) is 11.3 Å². The monoisotopic (exact) mass is 335 g/mol. The standard InChI is InChI=1S/C18H13N3O4/c19-8-13-16(20)25-15-7-10(23)5-6-12(15)18(13)11-3-1-2-4-14(11)21(9-22)17(18)24/h1-7,22-23H,9,20H2/t18-/m0/s1. The SMILES string of the molecule is N#CC1=C(N)Oc2cc(O)ccc2[C@]12C(=O)N(CO)c1ccccc12. The van der Waals surface area contributed by atoms with Crippen LogP contribution in [0.4, 0.5) is 5.69 Å². The van der Waals surface area contributed by atoms with Crippen LogP contribution in [0.5, 0.6) is 11.5 Å². The van der Waals surface area contributed by atoms with Gasteiger partial charge in [0.1, 0.15) is 35.3 Å². The van der Waals surface area contributed by atoms with E-state index < -0.39 is 18.1 Å². The van der Waals surface area contributed by atoms with Crippen molar-refractivity contribution in [1.82, 2.24) is 0 Å². The fourth-order valence-electron chi connectivity index (χ4n) is 3.63. The van der Waals surface area contributed by atoms with Gasteiger partial charge in [-0.05, 0) is 18.2 Å². The van der Waals surface area contributed by atoms with Gasteiger partial charge in [-0.25, -0.2) is 0 Å². The minimum atomic E-state index is -1.51. The Balaban J connectivity index is 2.16. The van der Waals surface area contributed by atoms with Gasteiger partial charge < -0.3 is 20.7 Å². The Labute approximate surface area is 142 Å². The number of phenolic OH excluding ortho intramolecular Hbond substituents is 1. The Morgan fingerprint density at radius 2 is 2.00 bits per heavy atom. The molecule has 0 aromatic heterocycles. The molecule has 7 nitrogen and oxygen atoms in total. The molecule has 0 saturated heterocycles. The Kier molecular flexibility index (Phi) is 3.01. The number of ether oxygens (including phenoxy) is 1. The highest BCUT2D eigenvalue weighted by Crippen LogP contribution is 2.55. The summed E-state index contributed by atoms with van der Waals surface area (Å²) in [5, 5.41) is 29.2. The van der Waals surface area contributed by atoms with Crippen LogP contribution >= 0.6 is 0 Å². The van der Waals surface area contributed by atoms with E-state index in [-0.39, 0.29) is 23.0 Å². The summed E-state index contributed by atoms with van der Waals surface area (Å²) in [6.45, 7) is -0.537. The van der Waals surface area contributed by atoms with Crippen LogP contribution in [0.2, 0.25) is 0 Å². The highest BCUT2D eigenvalue weighted by atomic mass is 16.5. The molecule has 124 valence electrons. The number of amides is 1. The fourth-order valence-corrected chi connectivity index (χ4v) is 3.63. The van der Waals surface area contributed by atoms with E-state index in [0.717, 1.165) is 0 Å². The van der Waals surface area contributed by atoms with Gasteiger partial charge in [-0.1, -0.05) is 18.2 Å². The number of aromatic hydroxyl groups is 1. The number of nitrogens with zero attached hydrogens (tertiary/aromatic N) is 2. The van der Waals surface area contributed by atoms with E-state index in [2.05, 4.69) is 0 Å². The fraction of sp³-hybridized carbons (Fsp3) is 0.111. The van der Waals surface area contributed by atoms with E-state index in [1.807, 2.05) is 6.07 Å². The average molecular weight is 335 g/mol. The maximum absolute atomic E-state index is 13.3. The number of aliphatic hydroxyl groups is 1. The van der Waals surface area contributed by atoms with Crippen LogP contribution in [-0.4, -0.2) is 22.9 Å². The van der Waals surface area contributed by atoms with Crippen molar-refractivity contribution in [2.24, 2.45) is 5.73 Å². The van der Waals surface area contributed by atoms with E-state index in [9.17, 15) is 20.3 Å². The van der Waals surface area contributed by atoms with Gasteiger partial charge in [-0.3, -0.25) is 9.69 Å². The molecule has 0 saturated carbocycles. The molecule has 7 heteroatoms. The van der Waals surface area contributed by atoms with Gasteiger partial charge in [0.15, 0.2) is 0 Å². The van der Waals surface area contributed by atoms with Crippen LogP contribution in [0.1, 0.15) is 11.1 Å². The van der Waals surface area contributed by atoms with Crippen molar-refractivity contribution in [3.8, 4) is 17.6 Å².